The van der Waals surface area contributed by atoms with Crippen LogP contribution in [0.3, 0.4) is 0 Å². The second kappa shape index (κ2) is 6.12. The third-order valence-corrected chi connectivity index (χ3v) is 3.99. The van der Waals surface area contributed by atoms with Crippen molar-refractivity contribution in [2.24, 2.45) is 5.92 Å². The van der Waals surface area contributed by atoms with Gasteiger partial charge in [0.25, 0.3) is 0 Å². The summed E-state index contributed by atoms with van der Waals surface area (Å²) in [5.41, 5.74) is -0.373. The van der Waals surface area contributed by atoms with Crippen molar-refractivity contribution < 1.29 is 9.53 Å². The van der Waals surface area contributed by atoms with E-state index in [0.29, 0.717) is 5.92 Å². The monoisotopic (exact) mass is 270 g/mol. The molecule has 1 atom stereocenters. The van der Waals surface area contributed by atoms with Crippen molar-refractivity contribution in [3.63, 3.8) is 0 Å². The van der Waals surface area contributed by atoms with Crippen molar-refractivity contribution in [1.29, 1.82) is 0 Å². The van der Waals surface area contributed by atoms with Crippen LogP contribution in [-0.2, 0) is 4.74 Å². The van der Waals surface area contributed by atoms with E-state index in [1.807, 2.05) is 32.7 Å². The fourth-order valence-electron chi connectivity index (χ4n) is 2.43. The molecule has 0 aromatic carbocycles. The van der Waals surface area contributed by atoms with E-state index in [4.69, 9.17) is 4.74 Å². The zero-order chi connectivity index (χ0) is 14.7. The molecule has 0 radical (unpaired) electrons. The maximum Gasteiger partial charge on any atom is 0.410 e. The molecule has 0 bridgehead atoms. The van der Waals surface area contributed by atoms with Crippen LogP contribution >= 0.6 is 0 Å². The van der Waals surface area contributed by atoms with Crippen molar-refractivity contribution in [1.82, 2.24) is 10.2 Å². The topological polar surface area (TPSA) is 41.6 Å². The Morgan fingerprint density at radius 3 is 2.37 bits per heavy atom. The molecule has 4 heteroatoms. The molecule has 1 heterocycles. The number of likely N-dealkylation sites (tertiary alicyclic amines) is 1. The summed E-state index contributed by atoms with van der Waals surface area (Å²) in [5.74, 6) is 0.465. The minimum Gasteiger partial charge on any atom is -0.444 e. The first-order valence-corrected chi connectivity index (χ1v) is 7.32. The van der Waals surface area contributed by atoms with Gasteiger partial charge in [0.05, 0.1) is 0 Å². The lowest BCUT2D eigenvalue weighted by Gasteiger charge is -2.36. The van der Waals surface area contributed by atoms with Crippen LogP contribution in [0.15, 0.2) is 0 Å². The summed E-state index contributed by atoms with van der Waals surface area (Å²) in [7, 11) is 1.99. The van der Waals surface area contributed by atoms with Crippen LogP contribution < -0.4 is 5.32 Å². The van der Waals surface area contributed by atoms with Gasteiger partial charge in [-0.25, -0.2) is 4.79 Å². The van der Waals surface area contributed by atoms with Gasteiger partial charge in [-0.1, -0.05) is 6.42 Å². The number of amides is 1. The predicted octanol–water partition coefficient (Wildman–Crippen LogP) is 3.02. The third-order valence-electron chi connectivity index (χ3n) is 3.99. The first kappa shape index (κ1) is 16.3. The number of rotatable bonds is 2. The van der Waals surface area contributed by atoms with Crippen molar-refractivity contribution in [3.05, 3.63) is 0 Å². The molecule has 1 N–H and O–H groups in total. The maximum absolute atomic E-state index is 12.2. The third kappa shape index (κ3) is 5.01. The molecule has 112 valence electrons. The Bertz CT molecular complexity index is 308. The highest BCUT2D eigenvalue weighted by Crippen LogP contribution is 2.27. The minimum atomic E-state index is -0.419. The van der Waals surface area contributed by atoms with Crippen LogP contribution in [0.2, 0.25) is 0 Å². The normalized spacial score (nSPS) is 22.0. The Labute approximate surface area is 117 Å². The molecule has 1 amide bonds. The molecule has 1 aliphatic heterocycles. The molecule has 0 saturated carbocycles. The van der Waals surface area contributed by atoms with Gasteiger partial charge in [0, 0.05) is 18.6 Å². The highest BCUT2D eigenvalue weighted by Gasteiger charge is 2.33. The standard InChI is InChI=1S/C15H30N2O2/c1-14(2,3)19-13(18)17-10-8-7-9-12(11-17)15(4,5)16-6/h12,16H,7-11H2,1-6H3. The van der Waals surface area contributed by atoms with Gasteiger partial charge >= 0.3 is 6.09 Å². The Kier molecular flexibility index (Phi) is 5.25. The number of nitrogens with zero attached hydrogens (tertiary/aromatic N) is 1. The van der Waals surface area contributed by atoms with Gasteiger partial charge in [0.2, 0.25) is 0 Å². The molecule has 1 saturated heterocycles. The summed E-state index contributed by atoms with van der Waals surface area (Å²) >= 11 is 0. The number of carbonyl (C=O) groups excluding carboxylic acids is 1. The summed E-state index contributed by atoms with van der Waals surface area (Å²) in [4.78, 5) is 14.1. The van der Waals surface area contributed by atoms with Crippen LogP contribution in [0, 0.1) is 5.92 Å². The van der Waals surface area contributed by atoms with E-state index >= 15 is 0 Å². The van der Waals surface area contributed by atoms with Crippen molar-refractivity contribution >= 4 is 6.09 Å². The lowest BCUT2D eigenvalue weighted by atomic mass is 9.84. The fraction of sp³-hybridized carbons (Fsp3) is 0.933. The quantitative estimate of drug-likeness (QED) is 0.838. The molecule has 0 aromatic heterocycles. The molecule has 4 nitrogen and oxygen atoms in total. The SMILES string of the molecule is CNC(C)(C)C1CCCCN(C(=O)OC(C)(C)C)C1. The van der Waals surface area contributed by atoms with Crippen LogP contribution in [0.4, 0.5) is 4.79 Å². The number of ether oxygens (including phenoxy) is 1. The van der Waals surface area contributed by atoms with E-state index in [0.717, 1.165) is 25.9 Å². The van der Waals surface area contributed by atoms with E-state index in [1.54, 1.807) is 0 Å². The number of carbonyl (C=O) groups is 1. The summed E-state index contributed by atoms with van der Waals surface area (Å²) in [6.07, 6.45) is 3.23. The van der Waals surface area contributed by atoms with E-state index in [1.165, 1.54) is 6.42 Å². The van der Waals surface area contributed by atoms with Crippen LogP contribution in [0.25, 0.3) is 0 Å². The Balaban J connectivity index is 2.71. The zero-order valence-corrected chi connectivity index (χ0v) is 13.4. The highest BCUT2D eigenvalue weighted by atomic mass is 16.6. The van der Waals surface area contributed by atoms with Gasteiger partial charge < -0.3 is 15.0 Å². The van der Waals surface area contributed by atoms with E-state index in [9.17, 15) is 4.79 Å². The second-order valence-corrected chi connectivity index (χ2v) is 7.09. The van der Waals surface area contributed by atoms with Gasteiger partial charge in [-0.2, -0.15) is 0 Å². The molecule has 0 aliphatic carbocycles. The molecule has 1 aliphatic rings. The van der Waals surface area contributed by atoms with Gasteiger partial charge in [-0.3, -0.25) is 0 Å². The van der Waals surface area contributed by atoms with Gasteiger partial charge in [0.1, 0.15) is 5.60 Å². The molecule has 0 aromatic rings. The highest BCUT2D eigenvalue weighted by molar-refractivity contribution is 5.68. The van der Waals surface area contributed by atoms with E-state index in [-0.39, 0.29) is 11.6 Å². The van der Waals surface area contributed by atoms with Crippen molar-refractivity contribution in [3.8, 4) is 0 Å². The predicted molar refractivity (Wildman–Crippen MR) is 78.3 cm³/mol. The van der Waals surface area contributed by atoms with Crippen LogP contribution in [0.1, 0.15) is 53.9 Å². The molecule has 1 unspecified atom stereocenters. The first-order chi connectivity index (χ1) is 8.65. The second-order valence-electron chi connectivity index (χ2n) is 7.09. The summed E-state index contributed by atoms with van der Waals surface area (Å²) in [6, 6.07) is 0. The average molecular weight is 270 g/mol. The smallest absolute Gasteiger partial charge is 0.410 e. The Morgan fingerprint density at radius 2 is 1.84 bits per heavy atom. The first-order valence-electron chi connectivity index (χ1n) is 7.32. The van der Waals surface area contributed by atoms with Gasteiger partial charge in [-0.05, 0) is 60.4 Å². The molecule has 0 spiro atoms. The van der Waals surface area contributed by atoms with E-state index in [2.05, 4.69) is 19.2 Å². The van der Waals surface area contributed by atoms with Crippen LogP contribution in [0.5, 0.6) is 0 Å². The maximum atomic E-state index is 12.2. The fourth-order valence-corrected chi connectivity index (χ4v) is 2.43. The molecule has 1 fully saturated rings. The Hall–Kier alpha value is -0.770. The molecule has 19 heavy (non-hydrogen) atoms. The summed E-state index contributed by atoms with van der Waals surface area (Å²) in [5, 5.41) is 3.37. The minimum absolute atomic E-state index is 0.0462. The summed E-state index contributed by atoms with van der Waals surface area (Å²) in [6.45, 7) is 11.7. The largest absolute Gasteiger partial charge is 0.444 e. The van der Waals surface area contributed by atoms with Gasteiger partial charge in [-0.15, -0.1) is 0 Å². The number of hydrogen-bond acceptors (Lipinski definition) is 3. The Morgan fingerprint density at radius 1 is 1.21 bits per heavy atom. The zero-order valence-electron chi connectivity index (χ0n) is 13.4. The van der Waals surface area contributed by atoms with Gasteiger partial charge in [0.15, 0.2) is 0 Å². The average Bonchev–Trinajstić information content (AvgIpc) is 2.52. The van der Waals surface area contributed by atoms with Crippen molar-refractivity contribution in [2.45, 2.75) is 65.0 Å². The van der Waals surface area contributed by atoms with Crippen LogP contribution in [-0.4, -0.2) is 42.3 Å². The summed E-state index contributed by atoms with van der Waals surface area (Å²) < 4.78 is 5.49. The lowest BCUT2D eigenvalue weighted by molar-refractivity contribution is 0.0211. The molecule has 1 rings (SSSR count). The van der Waals surface area contributed by atoms with E-state index < -0.39 is 5.60 Å². The number of hydrogen-bond donors (Lipinski definition) is 1. The van der Waals surface area contributed by atoms with Crippen molar-refractivity contribution in [2.75, 3.05) is 20.1 Å². The molecular formula is C15H30N2O2. The lowest BCUT2D eigenvalue weighted by Crippen LogP contribution is -2.49. The number of nitrogens with one attached hydrogen (secondary N) is 1. The molecular weight excluding hydrogens is 240 g/mol.